The first kappa shape index (κ1) is 13.9. The Morgan fingerprint density at radius 1 is 1.53 bits per heavy atom. The largest absolute Gasteiger partial charge is 0.454 e. The van der Waals surface area contributed by atoms with Crippen LogP contribution in [0.4, 0.5) is 0 Å². The van der Waals surface area contributed by atoms with Gasteiger partial charge in [-0.2, -0.15) is 5.10 Å². The predicted molar refractivity (Wildman–Crippen MR) is 74.9 cm³/mol. The molecule has 0 spiro atoms. The average molecular weight is 326 g/mol. The lowest BCUT2D eigenvalue weighted by atomic mass is 10.2. The van der Waals surface area contributed by atoms with Gasteiger partial charge in [0.05, 0.1) is 17.2 Å². The standard InChI is InChI=1S/C13H16BrN3O2/c1-9(2)5-15-13(18)12-4-3-11(19-12)8-17-7-10(14)6-16-17/h3-4,6-7,9H,5,8H2,1-2H3,(H,15,18). The van der Waals surface area contributed by atoms with Gasteiger partial charge in [0.1, 0.15) is 5.76 Å². The molecular formula is C13H16BrN3O2. The minimum atomic E-state index is -0.179. The van der Waals surface area contributed by atoms with Gasteiger partial charge in [-0.05, 0) is 34.0 Å². The molecule has 6 heteroatoms. The normalized spacial score (nSPS) is 10.9. The van der Waals surface area contributed by atoms with E-state index in [2.05, 4.69) is 26.3 Å². The molecule has 0 radical (unpaired) electrons. The second-order valence-corrected chi connectivity index (χ2v) is 5.64. The van der Waals surface area contributed by atoms with Gasteiger partial charge in [-0.1, -0.05) is 13.8 Å². The summed E-state index contributed by atoms with van der Waals surface area (Å²) in [4.78, 5) is 11.8. The Hall–Kier alpha value is -1.56. The number of aromatic nitrogens is 2. The van der Waals surface area contributed by atoms with Crippen LogP contribution in [0.25, 0.3) is 0 Å². The highest BCUT2D eigenvalue weighted by Gasteiger charge is 2.11. The molecule has 0 aromatic carbocycles. The number of furan rings is 1. The molecule has 0 saturated carbocycles. The Morgan fingerprint density at radius 3 is 2.95 bits per heavy atom. The SMILES string of the molecule is CC(C)CNC(=O)c1ccc(Cn2cc(Br)cn2)o1. The van der Waals surface area contributed by atoms with Gasteiger partial charge < -0.3 is 9.73 Å². The first-order valence-electron chi connectivity index (χ1n) is 6.09. The summed E-state index contributed by atoms with van der Waals surface area (Å²) >= 11 is 3.33. The van der Waals surface area contributed by atoms with Crippen LogP contribution in [0.15, 0.2) is 33.4 Å². The summed E-state index contributed by atoms with van der Waals surface area (Å²) in [6.07, 6.45) is 3.56. The summed E-state index contributed by atoms with van der Waals surface area (Å²) in [7, 11) is 0. The fourth-order valence-electron chi connectivity index (χ4n) is 1.55. The molecule has 0 fully saturated rings. The van der Waals surface area contributed by atoms with Crippen molar-refractivity contribution in [3.63, 3.8) is 0 Å². The van der Waals surface area contributed by atoms with Crippen molar-refractivity contribution in [1.82, 2.24) is 15.1 Å². The second-order valence-electron chi connectivity index (χ2n) is 4.73. The van der Waals surface area contributed by atoms with Crippen molar-refractivity contribution in [2.75, 3.05) is 6.54 Å². The maximum atomic E-state index is 11.8. The number of amides is 1. The van der Waals surface area contributed by atoms with Gasteiger partial charge >= 0.3 is 0 Å². The van der Waals surface area contributed by atoms with Crippen LogP contribution in [0.1, 0.15) is 30.2 Å². The van der Waals surface area contributed by atoms with Crippen molar-refractivity contribution in [3.05, 3.63) is 40.5 Å². The zero-order chi connectivity index (χ0) is 13.8. The summed E-state index contributed by atoms with van der Waals surface area (Å²) in [6.45, 7) is 5.23. The Kier molecular flexibility index (Phi) is 4.42. The summed E-state index contributed by atoms with van der Waals surface area (Å²) in [5.74, 6) is 1.27. The number of carbonyl (C=O) groups is 1. The maximum Gasteiger partial charge on any atom is 0.287 e. The number of rotatable bonds is 5. The number of nitrogens with one attached hydrogen (secondary N) is 1. The average Bonchev–Trinajstić information content (AvgIpc) is 2.96. The molecule has 102 valence electrons. The Bertz CT molecular complexity index is 560. The van der Waals surface area contributed by atoms with Crippen LogP contribution in [0.5, 0.6) is 0 Å². The quantitative estimate of drug-likeness (QED) is 0.919. The molecule has 0 saturated heterocycles. The Labute approximate surface area is 120 Å². The molecule has 5 nitrogen and oxygen atoms in total. The van der Waals surface area contributed by atoms with Gasteiger partial charge in [0.25, 0.3) is 5.91 Å². The van der Waals surface area contributed by atoms with Crippen LogP contribution < -0.4 is 5.32 Å². The smallest absolute Gasteiger partial charge is 0.287 e. The van der Waals surface area contributed by atoms with Gasteiger partial charge in [0.2, 0.25) is 0 Å². The summed E-state index contributed by atoms with van der Waals surface area (Å²) in [5, 5.41) is 6.95. The van der Waals surface area contributed by atoms with E-state index < -0.39 is 0 Å². The highest BCUT2D eigenvalue weighted by Crippen LogP contribution is 2.12. The molecular weight excluding hydrogens is 310 g/mol. The molecule has 0 aliphatic heterocycles. The summed E-state index contributed by atoms with van der Waals surface area (Å²) in [6, 6.07) is 3.48. The minimum Gasteiger partial charge on any atom is -0.454 e. The van der Waals surface area contributed by atoms with E-state index in [0.29, 0.717) is 30.5 Å². The summed E-state index contributed by atoms with van der Waals surface area (Å²) in [5.41, 5.74) is 0. The van der Waals surface area contributed by atoms with Crippen LogP contribution in [0.3, 0.4) is 0 Å². The van der Waals surface area contributed by atoms with Gasteiger partial charge in [-0.15, -0.1) is 0 Å². The van der Waals surface area contributed by atoms with Crippen LogP contribution in [0.2, 0.25) is 0 Å². The monoisotopic (exact) mass is 325 g/mol. The summed E-state index contributed by atoms with van der Waals surface area (Å²) < 4.78 is 8.15. The van der Waals surface area contributed by atoms with Crippen molar-refractivity contribution in [3.8, 4) is 0 Å². The molecule has 2 heterocycles. The van der Waals surface area contributed by atoms with Gasteiger partial charge in [-0.25, -0.2) is 0 Å². The van der Waals surface area contributed by atoms with E-state index in [1.807, 2.05) is 20.0 Å². The number of hydrogen-bond acceptors (Lipinski definition) is 3. The molecule has 19 heavy (non-hydrogen) atoms. The van der Waals surface area contributed by atoms with Crippen molar-refractivity contribution >= 4 is 21.8 Å². The van der Waals surface area contributed by atoms with Gasteiger partial charge in [0, 0.05) is 12.7 Å². The van der Waals surface area contributed by atoms with Crippen LogP contribution in [0, 0.1) is 5.92 Å². The lowest BCUT2D eigenvalue weighted by Crippen LogP contribution is -2.26. The lowest BCUT2D eigenvalue weighted by molar-refractivity contribution is 0.0919. The lowest BCUT2D eigenvalue weighted by Gasteiger charge is -2.05. The first-order chi connectivity index (χ1) is 9.04. The highest BCUT2D eigenvalue weighted by molar-refractivity contribution is 9.10. The molecule has 1 N–H and O–H groups in total. The molecule has 2 rings (SSSR count). The van der Waals surface area contributed by atoms with Crippen molar-refractivity contribution in [2.45, 2.75) is 20.4 Å². The number of halogens is 1. The van der Waals surface area contributed by atoms with E-state index in [1.165, 1.54) is 0 Å². The minimum absolute atomic E-state index is 0.179. The zero-order valence-corrected chi connectivity index (χ0v) is 12.5. The maximum absolute atomic E-state index is 11.8. The zero-order valence-electron chi connectivity index (χ0n) is 10.9. The van der Waals surface area contributed by atoms with E-state index in [9.17, 15) is 4.79 Å². The topological polar surface area (TPSA) is 60.1 Å². The highest BCUT2D eigenvalue weighted by atomic mass is 79.9. The van der Waals surface area contributed by atoms with Gasteiger partial charge in [0.15, 0.2) is 5.76 Å². The number of nitrogens with zero attached hydrogens (tertiary/aromatic N) is 2. The third kappa shape index (κ3) is 3.96. The molecule has 0 aliphatic carbocycles. The number of carbonyl (C=O) groups excluding carboxylic acids is 1. The fourth-order valence-corrected chi connectivity index (χ4v) is 1.88. The molecule has 0 bridgehead atoms. The predicted octanol–water partition coefficient (Wildman–Crippen LogP) is 2.67. The molecule has 2 aromatic heterocycles. The fraction of sp³-hybridized carbons (Fsp3) is 0.385. The van der Waals surface area contributed by atoms with Crippen molar-refractivity contribution in [2.24, 2.45) is 5.92 Å². The Balaban J connectivity index is 1.96. The second kappa shape index (κ2) is 6.06. The Morgan fingerprint density at radius 2 is 2.32 bits per heavy atom. The van der Waals surface area contributed by atoms with Crippen LogP contribution in [-0.2, 0) is 6.54 Å². The van der Waals surface area contributed by atoms with E-state index in [-0.39, 0.29) is 5.91 Å². The van der Waals surface area contributed by atoms with Crippen LogP contribution >= 0.6 is 15.9 Å². The van der Waals surface area contributed by atoms with E-state index in [4.69, 9.17) is 4.42 Å². The molecule has 0 unspecified atom stereocenters. The van der Waals surface area contributed by atoms with E-state index in [0.717, 1.165) is 4.47 Å². The van der Waals surface area contributed by atoms with E-state index >= 15 is 0 Å². The molecule has 0 atom stereocenters. The van der Waals surface area contributed by atoms with Crippen LogP contribution in [-0.4, -0.2) is 22.2 Å². The van der Waals surface area contributed by atoms with E-state index in [1.54, 1.807) is 23.0 Å². The number of hydrogen-bond donors (Lipinski definition) is 1. The third-order valence-electron chi connectivity index (χ3n) is 2.48. The molecule has 0 aliphatic rings. The molecule has 2 aromatic rings. The van der Waals surface area contributed by atoms with Crippen molar-refractivity contribution in [1.29, 1.82) is 0 Å². The first-order valence-corrected chi connectivity index (χ1v) is 6.89. The van der Waals surface area contributed by atoms with Crippen molar-refractivity contribution < 1.29 is 9.21 Å². The van der Waals surface area contributed by atoms with Gasteiger partial charge in [-0.3, -0.25) is 9.48 Å². The molecule has 1 amide bonds. The third-order valence-corrected chi connectivity index (χ3v) is 2.89.